The lowest BCUT2D eigenvalue weighted by Gasteiger charge is -2.10. The summed E-state index contributed by atoms with van der Waals surface area (Å²) in [5.74, 6) is 0.645. The van der Waals surface area contributed by atoms with E-state index in [0.29, 0.717) is 12.3 Å². The molecule has 21 heavy (non-hydrogen) atoms. The summed E-state index contributed by atoms with van der Waals surface area (Å²) in [6.45, 7) is 2.21. The summed E-state index contributed by atoms with van der Waals surface area (Å²) >= 11 is 3.36. The molecular weight excluding hydrogens is 332 g/mol. The topological polar surface area (TPSA) is 64.3 Å². The number of nitrogens with two attached hydrogens (primary N) is 1. The summed E-state index contributed by atoms with van der Waals surface area (Å²) in [6, 6.07) is 12.9. The fraction of sp³-hybridized carbons (Fsp3) is 0.188. The Labute approximate surface area is 132 Å². The average molecular weight is 349 g/mol. The Morgan fingerprint density at radius 2 is 1.95 bits per heavy atom. The van der Waals surface area contributed by atoms with Gasteiger partial charge in [-0.3, -0.25) is 4.79 Å². The molecule has 0 aliphatic carbocycles. The highest BCUT2D eigenvalue weighted by Crippen LogP contribution is 2.20. The molecule has 0 aromatic heterocycles. The second-order valence-corrected chi connectivity index (χ2v) is 5.54. The number of hydrogen-bond acceptors (Lipinski definition) is 3. The molecule has 0 heterocycles. The van der Waals surface area contributed by atoms with Gasteiger partial charge in [0, 0.05) is 15.8 Å². The Hall–Kier alpha value is -2.01. The van der Waals surface area contributed by atoms with Crippen molar-refractivity contribution in [2.45, 2.75) is 13.3 Å². The first kappa shape index (κ1) is 15.4. The molecule has 5 heteroatoms. The molecule has 2 rings (SSSR count). The van der Waals surface area contributed by atoms with Crippen LogP contribution in [0.15, 0.2) is 46.9 Å². The number of amides is 1. The van der Waals surface area contributed by atoms with Crippen LogP contribution in [0.3, 0.4) is 0 Å². The molecular formula is C16H17BrN2O2. The molecule has 2 aromatic rings. The van der Waals surface area contributed by atoms with Crippen molar-refractivity contribution in [1.29, 1.82) is 0 Å². The number of carbonyl (C=O) groups is 1. The lowest BCUT2D eigenvalue weighted by atomic mass is 10.1. The van der Waals surface area contributed by atoms with Crippen LogP contribution in [-0.4, -0.2) is 12.5 Å². The van der Waals surface area contributed by atoms with E-state index in [1.165, 1.54) is 0 Å². The predicted molar refractivity (Wildman–Crippen MR) is 88.5 cm³/mol. The second-order valence-electron chi connectivity index (χ2n) is 4.62. The zero-order valence-electron chi connectivity index (χ0n) is 11.7. The van der Waals surface area contributed by atoms with E-state index in [1.54, 1.807) is 0 Å². The van der Waals surface area contributed by atoms with Crippen LogP contribution in [0.4, 0.5) is 11.4 Å². The van der Waals surface area contributed by atoms with Gasteiger partial charge in [-0.2, -0.15) is 0 Å². The third-order valence-corrected chi connectivity index (χ3v) is 3.59. The van der Waals surface area contributed by atoms with Crippen molar-refractivity contribution in [3.05, 3.63) is 52.5 Å². The van der Waals surface area contributed by atoms with Gasteiger partial charge in [0.15, 0.2) is 0 Å². The summed E-state index contributed by atoms with van der Waals surface area (Å²) in [5, 5.41) is 2.84. The van der Waals surface area contributed by atoms with Gasteiger partial charge in [0.2, 0.25) is 5.91 Å². The van der Waals surface area contributed by atoms with E-state index >= 15 is 0 Å². The van der Waals surface area contributed by atoms with Crippen molar-refractivity contribution in [2.75, 3.05) is 17.7 Å². The van der Waals surface area contributed by atoms with Crippen molar-refractivity contribution in [3.8, 4) is 5.75 Å². The van der Waals surface area contributed by atoms with Crippen LogP contribution >= 0.6 is 15.9 Å². The van der Waals surface area contributed by atoms with Crippen LogP contribution < -0.4 is 15.8 Å². The highest BCUT2D eigenvalue weighted by atomic mass is 79.9. The van der Waals surface area contributed by atoms with E-state index in [9.17, 15) is 4.79 Å². The van der Waals surface area contributed by atoms with Gasteiger partial charge in [-0.05, 0) is 48.9 Å². The van der Waals surface area contributed by atoms with E-state index < -0.39 is 0 Å². The van der Waals surface area contributed by atoms with Crippen LogP contribution in [0.5, 0.6) is 5.75 Å². The first-order valence-corrected chi connectivity index (χ1v) is 7.39. The van der Waals surface area contributed by atoms with Gasteiger partial charge in [0.05, 0.1) is 13.0 Å². The van der Waals surface area contributed by atoms with Crippen LogP contribution in [0.1, 0.15) is 12.0 Å². The molecule has 0 unspecified atom stereocenters. The van der Waals surface area contributed by atoms with Crippen molar-refractivity contribution >= 4 is 33.2 Å². The minimum absolute atomic E-state index is 0.0965. The fourth-order valence-corrected chi connectivity index (χ4v) is 2.06. The molecule has 2 aromatic carbocycles. The lowest BCUT2D eigenvalue weighted by molar-refractivity contribution is -0.116. The Morgan fingerprint density at radius 3 is 2.67 bits per heavy atom. The number of benzene rings is 2. The molecule has 4 nitrogen and oxygen atoms in total. The molecule has 0 fully saturated rings. The maximum absolute atomic E-state index is 11.9. The minimum atomic E-state index is -0.0965. The second kappa shape index (κ2) is 7.13. The zero-order valence-corrected chi connectivity index (χ0v) is 13.3. The van der Waals surface area contributed by atoms with Gasteiger partial charge >= 0.3 is 0 Å². The summed E-state index contributed by atoms with van der Waals surface area (Å²) < 4.78 is 6.51. The molecule has 0 aliphatic heterocycles. The van der Waals surface area contributed by atoms with Gasteiger partial charge in [-0.25, -0.2) is 0 Å². The van der Waals surface area contributed by atoms with Crippen LogP contribution in [0.2, 0.25) is 0 Å². The highest BCUT2D eigenvalue weighted by Gasteiger charge is 2.06. The number of nitrogen functional groups attached to an aromatic ring is 1. The molecule has 1 amide bonds. The molecule has 0 atom stereocenters. The quantitative estimate of drug-likeness (QED) is 0.808. The van der Waals surface area contributed by atoms with Crippen molar-refractivity contribution in [2.24, 2.45) is 0 Å². The number of anilines is 2. The SMILES string of the molecule is Cc1c(N)cccc1NC(=O)CCOc1ccc(Br)cc1. The molecule has 0 bridgehead atoms. The van der Waals surface area contributed by atoms with Gasteiger partial charge < -0.3 is 15.8 Å². The van der Waals surface area contributed by atoms with E-state index in [1.807, 2.05) is 49.4 Å². The Bertz CT molecular complexity index is 627. The van der Waals surface area contributed by atoms with Gasteiger partial charge in [-0.15, -0.1) is 0 Å². The van der Waals surface area contributed by atoms with Crippen LogP contribution in [-0.2, 0) is 4.79 Å². The zero-order chi connectivity index (χ0) is 15.2. The number of carbonyl (C=O) groups excluding carboxylic acids is 1. The maximum atomic E-state index is 11.9. The summed E-state index contributed by atoms with van der Waals surface area (Å²) in [5.41, 5.74) is 8.08. The van der Waals surface area contributed by atoms with E-state index in [-0.39, 0.29) is 12.3 Å². The summed E-state index contributed by atoms with van der Waals surface area (Å²) in [4.78, 5) is 11.9. The number of ether oxygens (including phenoxy) is 1. The predicted octanol–water partition coefficient (Wildman–Crippen LogP) is 3.75. The molecule has 110 valence electrons. The molecule has 0 saturated carbocycles. The van der Waals surface area contributed by atoms with E-state index in [4.69, 9.17) is 10.5 Å². The number of halogens is 1. The average Bonchev–Trinajstić information content (AvgIpc) is 2.46. The fourth-order valence-electron chi connectivity index (χ4n) is 1.79. The van der Waals surface area contributed by atoms with Gasteiger partial charge in [0.1, 0.15) is 5.75 Å². The number of nitrogens with one attached hydrogen (secondary N) is 1. The monoisotopic (exact) mass is 348 g/mol. The first-order chi connectivity index (χ1) is 10.1. The first-order valence-electron chi connectivity index (χ1n) is 6.59. The van der Waals surface area contributed by atoms with Gasteiger partial charge in [-0.1, -0.05) is 22.0 Å². The highest BCUT2D eigenvalue weighted by molar-refractivity contribution is 9.10. The minimum Gasteiger partial charge on any atom is -0.493 e. The summed E-state index contributed by atoms with van der Waals surface area (Å²) in [6.07, 6.45) is 0.282. The Balaban J connectivity index is 1.82. The van der Waals surface area contributed by atoms with E-state index in [2.05, 4.69) is 21.2 Å². The number of hydrogen-bond donors (Lipinski definition) is 2. The van der Waals surface area contributed by atoms with Crippen molar-refractivity contribution in [1.82, 2.24) is 0 Å². The third kappa shape index (κ3) is 4.49. The smallest absolute Gasteiger partial charge is 0.227 e. The third-order valence-electron chi connectivity index (χ3n) is 3.06. The van der Waals surface area contributed by atoms with Crippen LogP contribution in [0.25, 0.3) is 0 Å². The lowest BCUT2D eigenvalue weighted by Crippen LogP contribution is -2.16. The molecule has 0 aliphatic rings. The Kier molecular flexibility index (Phi) is 5.22. The normalized spacial score (nSPS) is 10.2. The van der Waals surface area contributed by atoms with Crippen molar-refractivity contribution in [3.63, 3.8) is 0 Å². The van der Waals surface area contributed by atoms with Crippen molar-refractivity contribution < 1.29 is 9.53 Å². The van der Waals surface area contributed by atoms with Crippen LogP contribution in [0, 0.1) is 6.92 Å². The molecule has 0 spiro atoms. The van der Waals surface area contributed by atoms with Gasteiger partial charge in [0.25, 0.3) is 0 Å². The summed E-state index contributed by atoms with van der Waals surface area (Å²) in [7, 11) is 0. The Morgan fingerprint density at radius 1 is 1.24 bits per heavy atom. The molecule has 0 radical (unpaired) electrons. The molecule has 0 saturated heterocycles. The number of rotatable bonds is 5. The maximum Gasteiger partial charge on any atom is 0.227 e. The molecule has 3 N–H and O–H groups in total. The standard InChI is InChI=1S/C16H17BrN2O2/c1-11-14(18)3-2-4-15(11)19-16(20)9-10-21-13-7-5-12(17)6-8-13/h2-8H,9-10,18H2,1H3,(H,19,20). The van der Waals surface area contributed by atoms with E-state index in [0.717, 1.165) is 21.5 Å². The largest absolute Gasteiger partial charge is 0.493 e.